The van der Waals surface area contributed by atoms with E-state index in [1.54, 1.807) is 36.8 Å². The lowest BCUT2D eigenvalue weighted by Gasteiger charge is -2.12. The van der Waals surface area contributed by atoms with E-state index in [1.807, 2.05) is 6.07 Å². The first-order valence-corrected chi connectivity index (χ1v) is 13.0. The highest BCUT2D eigenvalue weighted by molar-refractivity contribution is 8.19. The molecule has 0 bridgehead atoms. The van der Waals surface area contributed by atoms with Gasteiger partial charge in [-0.3, -0.25) is 9.69 Å². The van der Waals surface area contributed by atoms with Crippen molar-refractivity contribution in [1.82, 2.24) is 4.90 Å². The zero-order valence-corrected chi connectivity index (χ0v) is 20.3. The Labute approximate surface area is 196 Å². The van der Waals surface area contributed by atoms with Gasteiger partial charge < -0.3 is 9.47 Å². The molecular formula is C22H24N2O5S3. The first-order valence-electron chi connectivity index (χ1n) is 9.91. The summed E-state index contributed by atoms with van der Waals surface area (Å²) < 4.78 is 40.4. The molecule has 2 aromatic rings. The fourth-order valence-electron chi connectivity index (χ4n) is 2.80. The fourth-order valence-corrected chi connectivity index (χ4v) is 5.96. The Morgan fingerprint density at radius 2 is 2.06 bits per heavy atom. The maximum atomic E-state index is 13.0. The van der Waals surface area contributed by atoms with Gasteiger partial charge in [0, 0.05) is 6.54 Å². The van der Waals surface area contributed by atoms with Crippen LogP contribution in [0.15, 0.2) is 61.9 Å². The van der Waals surface area contributed by atoms with Crippen molar-refractivity contribution in [2.75, 3.05) is 20.3 Å². The van der Waals surface area contributed by atoms with E-state index in [9.17, 15) is 13.2 Å². The van der Waals surface area contributed by atoms with Crippen molar-refractivity contribution in [2.45, 2.75) is 24.0 Å². The molecule has 1 aromatic heterocycles. The second-order valence-electron chi connectivity index (χ2n) is 6.71. The Morgan fingerprint density at radius 3 is 2.72 bits per heavy atom. The quantitative estimate of drug-likeness (QED) is 0.270. The average Bonchev–Trinajstić information content (AvgIpc) is 3.40. The number of nitrogens with zero attached hydrogens (tertiary/aromatic N) is 2. The summed E-state index contributed by atoms with van der Waals surface area (Å²) in [4.78, 5) is 14.6. The number of benzene rings is 1. The van der Waals surface area contributed by atoms with Crippen molar-refractivity contribution in [3.8, 4) is 11.5 Å². The molecule has 0 spiro atoms. The smallest absolute Gasteiger partial charge is 0.294 e. The van der Waals surface area contributed by atoms with E-state index in [-0.39, 0.29) is 21.8 Å². The van der Waals surface area contributed by atoms with Crippen molar-refractivity contribution in [1.29, 1.82) is 0 Å². The van der Waals surface area contributed by atoms with Crippen LogP contribution in [0.5, 0.6) is 11.5 Å². The summed E-state index contributed by atoms with van der Waals surface area (Å²) in [7, 11) is -2.34. The lowest BCUT2D eigenvalue weighted by Crippen LogP contribution is -2.29. The third-order valence-electron chi connectivity index (χ3n) is 4.39. The predicted molar refractivity (Wildman–Crippen MR) is 130 cm³/mol. The van der Waals surface area contributed by atoms with Crippen molar-refractivity contribution in [3.05, 3.63) is 58.8 Å². The molecule has 1 amide bonds. The van der Waals surface area contributed by atoms with Crippen molar-refractivity contribution in [2.24, 2.45) is 4.40 Å². The van der Waals surface area contributed by atoms with Gasteiger partial charge in [-0.15, -0.1) is 22.3 Å². The summed E-state index contributed by atoms with van der Waals surface area (Å²) in [5.74, 6) is 0.855. The molecule has 0 aliphatic carbocycles. The van der Waals surface area contributed by atoms with Gasteiger partial charge in [0.1, 0.15) is 4.21 Å². The molecule has 0 N–H and O–H groups in total. The number of unbranched alkanes of at least 4 members (excludes halogenated alkanes) is 1. The van der Waals surface area contributed by atoms with Crippen LogP contribution >= 0.6 is 23.1 Å². The zero-order chi connectivity index (χ0) is 23.1. The van der Waals surface area contributed by atoms with E-state index in [2.05, 4.69) is 17.9 Å². The van der Waals surface area contributed by atoms with E-state index < -0.39 is 10.0 Å². The Balaban J connectivity index is 1.93. The molecular weight excluding hydrogens is 468 g/mol. The average molecular weight is 493 g/mol. The van der Waals surface area contributed by atoms with Crippen LogP contribution in [0.4, 0.5) is 0 Å². The first kappa shape index (κ1) is 24.1. The van der Waals surface area contributed by atoms with Gasteiger partial charge in [0.25, 0.3) is 15.9 Å². The van der Waals surface area contributed by atoms with Crippen molar-refractivity contribution in [3.63, 3.8) is 0 Å². The van der Waals surface area contributed by atoms with Gasteiger partial charge in [0.15, 0.2) is 16.7 Å². The molecule has 32 heavy (non-hydrogen) atoms. The standard InChI is InChI=1S/C22H24N2O5S3/c1-4-6-12-29-18-14-16(9-10-17(18)28-3)15-19-21(25)24(11-5-2)22(31-19)23-32(26,27)20-8-7-13-30-20/h5,7-10,13-15H,2,4,6,11-12H2,1,3H3/b19-15-,23-22+. The van der Waals surface area contributed by atoms with Crippen LogP contribution in [-0.2, 0) is 14.8 Å². The number of thioether (sulfide) groups is 1. The van der Waals surface area contributed by atoms with E-state index in [4.69, 9.17) is 9.47 Å². The number of sulfonamides is 1. The molecule has 1 saturated heterocycles. The molecule has 2 heterocycles. The summed E-state index contributed by atoms with van der Waals surface area (Å²) in [6, 6.07) is 8.50. The largest absolute Gasteiger partial charge is 0.493 e. The number of hydrogen-bond acceptors (Lipinski definition) is 7. The number of methoxy groups -OCH3 is 1. The van der Waals surface area contributed by atoms with Gasteiger partial charge in [0.2, 0.25) is 0 Å². The van der Waals surface area contributed by atoms with Crippen molar-refractivity contribution >= 4 is 50.3 Å². The maximum Gasteiger partial charge on any atom is 0.294 e. The monoisotopic (exact) mass is 492 g/mol. The van der Waals surface area contributed by atoms with E-state index in [1.165, 1.54) is 17.0 Å². The van der Waals surface area contributed by atoms with Crippen LogP contribution in [0.25, 0.3) is 6.08 Å². The third kappa shape index (κ3) is 5.62. The normalized spacial score (nSPS) is 16.7. The molecule has 7 nitrogen and oxygen atoms in total. The molecule has 0 atom stereocenters. The number of thiophene rings is 1. The number of carbonyl (C=O) groups excluding carboxylic acids is 1. The van der Waals surface area contributed by atoms with Crippen LogP contribution in [0, 0.1) is 0 Å². The molecule has 0 saturated carbocycles. The highest BCUT2D eigenvalue weighted by Gasteiger charge is 2.34. The molecule has 1 fully saturated rings. The Morgan fingerprint density at radius 1 is 1.25 bits per heavy atom. The summed E-state index contributed by atoms with van der Waals surface area (Å²) in [6.45, 7) is 6.45. The molecule has 0 radical (unpaired) electrons. The van der Waals surface area contributed by atoms with Crippen molar-refractivity contribution < 1.29 is 22.7 Å². The highest BCUT2D eigenvalue weighted by atomic mass is 32.2. The molecule has 10 heteroatoms. The minimum absolute atomic E-state index is 0.0995. The van der Waals surface area contributed by atoms with Crippen LogP contribution < -0.4 is 9.47 Å². The maximum absolute atomic E-state index is 13.0. The topological polar surface area (TPSA) is 85.3 Å². The zero-order valence-electron chi connectivity index (χ0n) is 17.8. The molecule has 170 valence electrons. The summed E-state index contributed by atoms with van der Waals surface area (Å²) in [6.07, 6.45) is 5.14. The van der Waals surface area contributed by atoms with E-state index >= 15 is 0 Å². The molecule has 1 aromatic carbocycles. The Bertz CT molecular complexity index is 1140. The minimum Gasteiger partial charge on any atom is -0.493 e. The van der Waals surface area contributed by atoms with Crippen LogP contribution in [0.2, 0.25) is 0 Å². The Kier molecular flexibility index (Phi) is 8.16. The van der Waals surface area contributed by atoms with Gasteiger partial charge in [-0.25, -0.2) is 0 Å². The molecule has 0 unspecified atom stereocenters. The van der Waals surface area contributed by atoms with Crippen LogP contribution in [0.1, 0.15) is 25.3 Å². The molecule has 1 aliphatic rings. The minimum atomic E-state index is -3.91. The van der Waals surface area contributed by atoms with Crippen LogP contribution in [0.3, 0.4) is 0 Å². The van der Waals surface area contributed by atoms with E-state index in [0.717, 1.165) is 41.5 Å². The first-order chi connectivity index (χ1) is 15.4. The number of amidine groups is 1. The number of rotatable bonds is 10. The summed E-state index contributed by atoms with van der Waals surface area (Å²) >= 11 is 2.09. The molecule has 3 rings (SSSR count). The summed E-state index contributed by atoms with van der Waals surface area (Å²) in [5.41, 5.74) is 0.731. The predicted octanol–water partition coefficient (Wildman–Crippen LogP) is 4.78. The SMILES string of the molecule is C=CCN1C(=O)/C(=C/c2ccc(OC)c(OCCCC)c2)S/C1=N/S(=O)(=O)c1cccs1. The lowest BCUT2D eigenvalue weighted by atomic mass is 10.2. The number of amides is 1. The second-order valence-corrected chi connectivity index (χ2v) is 10.5. The lowest BCUT2D eigenvalue weighted by molar-refractivity contribution is -0.121. The fraction of sp³-hybridized carbons (Fsp3) is 0.273. The van der Waals surface area contributed by atoms with Gasteiger partial charge in [0.05, 0.1) is 18.6 Å². The number of carbonyl (C=O) groups is 1. The van der Waals surface area contributed by atoms with Gasteiger partial charge in [-0.05, 0) is 53.4 Å². The molecule has 1 aliphatic heterocycles. The van der Waals surface area contributed by atoms with Gasteiger partial charge in [-0.2, -0.15) is 8.42 Å². The third-order valence-corrected chi connectivity index (χ3v) is 8.15. The van der Waals surface area contributed by atoms with E-state index in [0.29, 0.717) is 23.0 Å². The van der Waals surface area contributed by atoms with Gasteiger partial charge in [-0.1, -0.05) is 31.6 Å². The number of ether oxygens (including phenoxy) is 2. The Hall–Kier alpha value is -2.56. The number of hydrogen-bond donors (Lipinski definition) is 0. The summed E-state index contributed by atoms with van der Waals surface area (Å²) in [5, 5.41) is 1.76. The second kappa shape index (κ2) is 10.8. The van der Waals surface area contributed by atoms with Gasteiger partial charge >= 0.3 is 0 Å². The highest BCUT2D eigenvalue weighted by Crippen LogP contribution is 2.36. The van der Waals surface area contributed by atoms with Crippen LogP contribution in [-0.4, -0.2) is 44.7 Å².